The van der Waals surface area contributed by atoms with E-state index in [2.05, 4.69) is 9.88 Å². The molecular weight excluding hydrogens is 400 g/mol. The number of rotatable bonds is 8. The fraction of sp³-hybridized carbons (Fsp3) is 0.217. The van der Waals surface area contributed by atoms with Crippen molar-refractivity contribution in [3.05, 3.63) is 70.8 Å². The van der Waals surface area contributed by atoms with Crippen LogP contribution in [0.3, 0.4) is 0 Å². The number of benzene rings is 2. The number of fused-ring (bicyclic) bond motifs is 1. The summed E-state index contributed by atoms with van der Waals surface area (Å²) >= 11 is 0.916. The summed E-state index contributed by atoms with van der Waals surface area (Å²) in [6, 6.07) is 15.9. The molecular formula is C23H22N2O4S. The highest BCUT2D eigenvalue weighted by atomic mass is 32.2. The summed E-state index contributed by atoms with van der Waals surface area (Å²) in [6.45, 7) is 4.38. The molecule has 7 heteroatoms. The van der Waals surface area contributed by atoms with E-state index in [9.17, 15) is 9.59 Å². The zero-order chi connectivity index (χ0) is 20.9. The van der Waals surface area contributed by atoms with E-state index in [-0.39, 0.29) is 11.1 Å². The van der Waals surface area contributed by atoms with Gasteiger partial charge in [-0.15, -0.1) is 0 Å². The normalized spacial score (nSPS) is 15.2. The van der Waals surface area contributed by atoms with Crippen LogP contribution in [0.25, 0.3) is 17.0 Å². The Morgan fingerprint density at radius 2 is 1.97 bits per heavy atom. The smallest absolute Gasteiger partial charge is 0.290 e. The van der Waals surface area contributed by atoms with Crippen molar-refractivity contribution in [2.24, 2.45) is 0 Å². The van der Waals surface area contributed by atoms with Crippen LogP contribution in [-0.4, -0.2) is 28.9 Å². The van der Waals surface area contributed by atoms with Crippen molar-refractivity contribution in [3.8, 4) is 5.75 Å². The number of thioether (sulfide) groups is 1. The molecule has 1 N–H and O–H groups in total. The van der Waals surface area contributed by atoms with Gasteiger partial charge < -0.3 is 14.0 Å². The first-order chi connectivity index (χ1) is 14.6. The number of nitrogens with zero attached hydrogens (tertiary/aromatic N) is 1. The second-order valence-electron chi connectivity index (χ2n) is 6.78. The van der Waals surface area contributed by atoms with Gasteiger partial charge in [0.25, 0.3) is 11.1 Å². The van der Waals surface area contributed by atoms with Gasteiger partial charge in [0, 0.05) is 35.8 Å². The zero-order valence-electron chi connectivity index (χ0n) is 16.6. The molecule has 0 bridgehead atoms. The van der Waals surface area contributed by atoms with E-state index in [1.165, 1.54) is 0 Å². The Bertz CT molecular complexity index is 1110. The molecule has 1 aliphatic heterocycles. The maximum absolute atomic E-state index is 12.0. The van der Waals surface area contributed by atoms with Gasteiger partial charge in [0.15, 0.2) is 0 Å². The first-order valence-corrected chi connectivity index (χ1v) is 10.6. The van der Waals surface area contributed by atoms with Crippen LogP contribution in [0.1, 0.15) is 18.1 Å². The predicted octanol–water partition coefficient (Wildman–Crippen LogP) is 4.58. The minimum Gasteiger partial charge on any atom is -0.489 e. The number of imide groups is 1. The molecule has 3 aromatic rings. The zero-order valence-corrected chi connectivity index (χ0v) is 17.4. The van der Waals surface area contributed by atoms with Gasteiger partial charge in [-0.1, -0.05) is 30.3 Å². The molecule has 4 rings (SSSR count). The molecule has 0 radical (unpaired) electrons. The van der Waals surface area contributed by atoms with Crippen molar-refractivity contribution in [3.63, 3.8) is 0 Å². The Hall–Kier alpha value is -3.03. The molecule has 1 saturated heterocycles. The molecule has 154 valence electrons. The molecule has 2 amide bonds. The molecule has 1 aromatic heterocycles. The number of carbonyl (C=O) groups excluding carboxylic acids is 2. The molecule has 0 aliphatic carbocycles. The van der Waals surface area contributed by atoms with Crippen LogP contribution in [0, 0.1) is 0 Å². The molecule has 30 heavy (non-hydrogen) atoms. The molecule has 1 aliphatic rings. The summed E-state index contributed by atoms with van der Waals surface area (Å²) in [5.74, 6) is 0.380. The Morgan fingerprint density at radius 1 is 1.13 bits per heavy atom. The quantitative estimate of drug-likeness (QED) is 0.425. The Labute approximate surface area is 178 Å². The molecule has 6 nitrogen and oxygen atoms in total. The summed E-state index contributed by atoms with van der Waals surface area (Å²) < 4.78 is 13.6. The van der Waals surface area contributed by atoms with E-state index in [1.54, 1.807) is 6.08 Å². The third-order valence-electron chi connectivity index (χ3n) is 4.74. The highest BCUT2D eigenvalue weighted by molar-refractivity contribution is 8.18. The summed E-state index contributed by atoms with van der Waals surface area (Å²) in [6.07, 6.45) is 3.74. The van der Waals surface area contributed by atoms with Crippen LogP contribution in [0.4, 0.5) is 4.79 Å². The summed E-state index contributed by atoms with van der Waals surface area (Å²) in [4.78, 5) is 23.9. The lowest BCUT2D eigenvalue weighted by molar-refractivity contribution is -0.115. The van der Waals surface area contributed by atoms with Gasteiger partial charge in [0.2, 0.25) is 0 Å². The summed E-state index contributed by atoms with van der Waals surface area (Å²) in [7, 11) is 0. The van der Waals surface area contributed by atoms with Crippen LogP contribution in [-0.2, 0) is 22.7 Å². The number of nitrogens with one attached hydrogen (secondary N) is 1. The molecule has 1 fully saturated rings. The minimum atomic E-state index is -0.364. The third kappa shape index (κ3) is 4.58. The van der Waals surface area contributed by atoms with E-state index in [0.29, 0.717) is 31.3 Å². The van der Waals surface area contributed by atoms with Crippen molar-refractivity contribution >= 4 is 39.9 Å². The second kappa shape index (κ2) is 9.19. The first-order valence-electron chi connectivity index (χ1n) is 9.76. The number of amides is 2. The fourth-order valence-electron chi connectivity index (χ4n) is 3.30. The van der Waals surface area contributed by atoms with E-state index in [4.69, 9.17) is 9.47 Å². The average molecular weight is 423 g/mol. The van der Waals surface area contributed by atoms with Gasteiger partial charge >= 0.3 is 0 Å². The van der Waals surface area contributed by atoms with Crippen molar-refractivity contribution in [2.75, 3.05) is 13.2 Å². The van der Waals surface area contributed by atoms with Crippen molar-refractivity contribution in [1.82, 2.24) is 9.88 Å². The fourth-order valence-corrected chi connectivity index (χ4v) is 3.98. The average Bonchev–Trinajstić information content (AvgIpc) is 3.26. The monoisotopic (exact) mass is 422 g/mol. The maximum Gasteiger partial charge on any atom is 0.290 e. The Kier molecular flexibility index (Phi) is 6.21. The topological polar surface area (TPSA) is 69.6 Å². The van der Waals surface area contributed by atoms with Gasteiger partial charge in [-0.05, 0) is 48.5 Å². The molecule has 2 heterocycles. The lowest BCUT2D eigenvalue weighted by Crippen LogP contribution is -2.17. The van der Waals surface area contributed by atoms with E-state index >= 15 is 0 Å². The van der Waals surface area contributed by atoms with E-state index < -0.39 is 0 Å². The highest BCUT2D eigenvalue weighted by Gasteiger charge is 2.25. The number of ether oxygens (including phenoxy) is 2. The van der Waals surface area contributed by atoms with Crippen molar-refractivity contribution in [2.45, 2.75) is 20.1 Å². The summed E-state index contributed by atoms with van der Waals surface area (Å²) in [5.41, 5.74) is 2.97. The minimum absolute atomic E-state index is 0.349. The number of carbonyl (C=O) groups is 2. The largest absolute Gasteiger partial charge is 0.489 e. The molecule has 0 saturated carbocycles. The molecule has 0 unspecified atom stereocenters. The Morgan fingerprint density at radius 3 is 2.70 bits per heavy atom. The van der Waals surface area contributed by atoms with Gasteiger partial charge in [0.05, 0.1) is 11.5 Å². The second-order valence-corrected chi connectivity index (χ2v) is 7.79. The first kappa shape index (κ1) is 20.3. The van der Waals surface area contributed by atoms with Crippen LogP contribution < -0.4 is 10.1 Å². The van der Waals surface area contributed by atoms with Crippen LogP contribution >= 0.6 is 11.8 Å². The number of aromatic nitrogens is 1. The van der Waals surface area contributed by atoms with Gasteiger partial charge in [-0.2, -0.15) is 0 Å². The van der Waals surface area contributed by atoms with Gasteiger partial charge in [0.1, 0.15) is 12.4 Å². The summed E-state index contributed by atoms with van der Waals surface area (Å²) in [5, 5.41) is 2.91. The molecule has 0 spiro atoms. The number of hydrogen-bond donors (Lipinski definition) is 1. The maximum atomic E-state index is 12.0. The Balaban J connectivity index is 1.66. The lowest BCUT2D eigenvalue weighted by Gasteiger charge is -2.08. The van der Waals surface area contributed by atoms with E-state index in [1.807, 2.05) is 61.7 Å². The van der Waals surface area contributed by atoms with Crippen LogP contribution in [0.5, 0.6) is 5.75 Å². The standard InChI is InChI=1S/C23H22N2O4S/c1-2-28-11-10-25-14-17(12-21-22(26)24-23(27)30-21)19-13-18(8-9-20(19)25)29-15-16-6-4-3-5-7-16/h3-9,12-14H,2,10-11,15H2,1H3,(H,24,26,27). The van der Waals surface area contributed by atoms with Gasteiger partial charge in [-0.3, -0.25) is 14.9 Å². The predicted molar refractivity (Wildman–Crippen MR) is 118 cm³/mol. The third-order valence-corrected chi connectivity index (χ3v) is 5.55. The van der Waals surface area contributed by atoms with Crippen molar-refractivity contribution in [1.29, 1.82) is 0 Å². The molecule has 0 atom stereocenters. The lowest BCUT2D eigenvalue weighted by atomic mass is 10.1. The highest BCUT2D eigenvalue weighted by Crippen LogP contribution is 2.32. The van der Waals surface area contributed by atoms with Gasteiger partial charge in [-0.25, -0.2) is 0 Å². The van der Waals surface area contributed by atoms with Crippen LogP contribution in [0.15, 0.2) is 59.6 Å². The SMILES string of the molecule is CCOCCn1cc(C=C2SC(=O)NC2=O)c2cc(OCc3ccccc3)ccc21. The van der Waals surface area contributed by atoms with E-state index in [0.717, 1.165) is 39.5 Å². The molecule has 2 aromatic carbocycles. The number of hydrogen-bond acceptors (Lipinski definition) is 5. The van der Waals surface area contributed by atoms with Crippen LogP contribution in [0.2, 0.25) is 0 Å². The van der Waals surface area contributed by atoms with Crippen molar-refractivity contribution < 1.29 is 19.1 Å².